The molecule has 0 spiro atoms. The summed E-state index contributed by atoms with van der Waals surface area (Å²) in [6.45, 7) is 1.09. The summed E-state index contributed by atoms with van der Waals surface area (Å²) in [7, 11) is 0. The molecule has 1 rings (SSSR count). The minimum Gasteiger partial charge on any atom is -0.481 e. The Bertz CT molecular complexity index is 285. The zero-order chi connectivity index (χ0) is 11.1. The van der Waals surface area contributed by atoms with Crippen LogP contribution in [0.4, 0.5) is 0 Å². The summed E-state index contributed by atoms with van der Waals surface area (Å²) in [5.74, 6) is -0.875. The number of carboxylic acid groups (broad SMARTS) is 1. The van der Waals surface area contributed by atoms with Gasteiger partial charge in [-0.3, -0.25) is 4.79 Å². The minimum absolute atomic E-state index is 0.00695. The lowest BCUT2D eigenvalue weighted by molar-refractivity contribution is -0.137. The number of carboxylic acids is 1. The van der Waals surface area contributed by atoms with Crippen LogP contribution in [0.25, 0.3) is 0 Å². The summed E-state index contributed by atoms with van der Waals surface area (Å²) in [4.78, 5) is 13.2. The highest BCUT2D eigenvalue weighted by atomic mass is 16.4. The van der Waals surface area contributed by atoms with Crippen LogP contribution in [0.5, 0.6) is 0 Å². The number of aromatic nitrogens is 1. The Morgan fingerprint density at radius 2 is 2.40 bits per heavy atom. The zero-order valence-electron chi connectivity index (χ0n) is 8.44. The Labute approximate surface area is 88.1 Å². The average molecular weight is 212 g/mol. The molecule has 1 heterocycles. The average Bonchev–Trinajstić information content (AvgIpc) is 2.67. The van der Waals surface area contributed by atoms with Gasteiger partial charge in [0.25, 0.3) is 0 Å². The Hall–Kier alpha value is -1.33. The van der Waals surface area contributed by atoms with E-state index in [-0.39, 0.29) is 12.8 Å². The smallest absolute Gasteiger partial charge is 0.303 e. The first-order valence-electron chi connectivity index (χ1n) is 4.90. The van der Waals surface area contributed by atoms with E-state index in [0.29, 0.717) is 13.1 Å². The van der Waals surface area contributed by atoms with Crippen molar-refractivity contribution in [2.75, 3.05) is 6.54 Å². The van der Waals surface area contributed by atoms with E-state index in [1.807, 2.05) is 18.5 Å². The lowest BCUT2D eigenvalue weighted by Gasteiger charge is -2.09. The molecule has 0 bridgehead atoms. The SMILES string of the molecule is O=C(O)CCC(O)CNCc1cc[nH]c1. The molecule has 0 amide bonds. The fourth-order valence-electron chi connectivity index (χ4n) is 1.24. The van der Waals surface area contributed by atoms with Crippen molar-refractivity contribution >= 4 is 5.97 Å². The first-order chi connectivity index (χ1) is 7.18. The van der Waals surface area contributed by atoms with Gasteiger partial charge in [0.1, 0.15) is 0 Å². The molecule has 15 heavy (non-hydrogen) atoms. The van der Waals surface area contributed by atoms with Gasteiger partial charge in [0, 0.05) is 31.9 Å². The van der Waals surface area contributed by atoms with E-state index < -0.39 is 12.1 Å². The van der Waals surface area contributed by atoms with E-state index in [1.54, 1.807) is 0 Å². The molecule has 0 aliphatic carbocycles. The third-order valence-corrected chi connectivity index (χ3v) is 2.06. The molecule has 0 fully saturated rings. The third kappa shape index (κ3) is 5.19. The summed E-state index contributed by atoms with van der Waals surface area (Å²) in [5.41, 5.74) is 1.11. The van der Waals surface area contributed by atoms with Gasteiger partial charge in [0.05, 0.1) is 6.10 Å². The summed E-state index contributed by atoms with van der Waals surface area (Å²) in [6, 6.07) is 1.94. The van der Waals surface area contributed by atoms with Crippen LogP contribution in [0.3, 0.4) is 0 Å². The predicted molar refractivity (Wildman–Crippen MR) is 55.4 cm³/mol. The first-order valence-corrected chi connectivity index (χ1v) is 4.90. The normalized spacial score (nSPS) is 12.6. The molecule has 5 heteroatoms. The molecule has 0 aliphatic heterocycles. The highest BCUT2D eigenvalue weighted by Gasteiger charge is 2.06. The lowest BCUT2D eigenvalue weighted by Crippen LogP contribution is -2.26. The van der Waals surface area contributed by atoms with E-state index in [2.05, 4.69) is 10.3 Å². The molecule has 4 N–H and O–H groups in total. The molecule has 1 aromatic rings. The standard InChI is InChI=1S/C10H16N2O3/c13-9(1-2-10(14)15)7-12-6-8-3-4-11-5-8/h3-5,9,11-13H,1-2,6-7H2,(H,14,15). The summed E-state index contributed by atoms with van der Waals surface area (Å²) >= 11 is 0. The molecule has 1 atom stereocenters. The quantitative estimate of drug-likeness (QED) is 0.524. The van der Waals surface area contributed by atoms with Gasteiger partial charge in [-0.15, -0.1) is 0 Å². The van der Waals surface area contributed by atoms with Crippen LogP contribution in [-0.2, 0) is 11.3 Å². The van der Waals surface area contributed by atoms with E-state index >= 15 is 0 Å². The third-order valence-electron chi connectivity index (χ3n) is 2.06. The Morgan fingerprint density at radius 1 is 1.60 bits per heavy atom. The van der Waals surface area contributed by atoms with Crippen molar-refractivity contribution in [2.45, 2.75) is 25.5 Å². The van der Waals surface area contributed by atoms with Gasteiger partial charge in [-0.25, -0.2) is 0 Å². The van der Waals surface area contributed by atoms with Gasteiger partial charge in [-0.05, 0) is 18.1 Å². The van der Waals surface area contributed by atoms with Gasteiger partial charge in [-0.1, -0.05) is 0 Å². The second kappa shape index (κ2) is 6.21. The molecule has 1 aromatic heterocycles. The Balaban J connectivity index is 2.06. The number of carbonyl (C=O) groups is 1. The number of nitrogens with one attached hydrogen (secondary N) is 2. The summed E-state index contributed by atoms with van der Waals surface area (Å²) in [5, 5.41) is 20.8. The number of H-pyrrole nitrogens is 1. The van der Waals surface area contributed by atoms with Crippen molar-refractivity contribution in [3.63, 3.8) is 0 Å². The lowest BCUT2D eigenvalue weighted by atomic mass is 10.2. The van der Waals surface area contributed by atoms with Crippen molar-refractivity contribution in [1.29, 1.82) is 0 Å². The number of aliphatic hydroxyl groups excluding tert-OH is 1. The minimum atomic E-state index is -0.875. The largest absolute Gasteiger partial charge is 0.481 e. The fourth-order valence-corrected chi connectivity index (χ4v) is 1.24. The Kier molecular flexibility index (Phi) is 4.86. The molecule has 0 aromatic carbocycles. The van der Waals surface area contributed by atoms with Crippen LogP contribution < -0.4 is 5.32 Å². The van der Waals surface area contributed by atoms with Crippen molar-refractivity contribution in [2.24, 2.45) is 0 Å². The predicted octanol–water partition coefficient (Wildman–Crippen LogP) is 0.330. The molecule has 0 saturated carbocycles. The van der Waals surface area contributed by atoms with Gasteiger partial charge < -0.3 is 20.5 Å². The molecule has 0 aliphatic rings. The van der Waals surface area contributed by atoms with Crippen LogP contribution in [0.15, 0.2) is 18.5 Å². The number of aromatic amines is 1. The maximum atomic E-state index is 10.2. The number of aliphatic carboxylic acids is 1. The van der Waals surface area contributed by atoms with Gasteiger partial charge in [0.2, 0.25) is 0 Å². The van der Waals surface area contributed by atoms with Crippen molar-refractivity contribution in [1.82, 2.24) is 10.3 Å². The van der Waals surface area contributed by atoms with Crippen molar-refractivity contribution < 1.29 is 15.0 Å². The van der Waals surface area contributed by atoms with Crippen molar-refractivity contribution in [3.05, 3.63) is 24.0 Å². The maximum absolute atomic E-state index is 10.2. The number of hydrogen-bond acceptors (Lipinski definition) is 3. The molecule has 1 unspecified atom stereocenters. The van der Waals surface area contributed by atoms with Crippen molar-refractivity contribution in [3.8, 4) is 0 Å². The van der Waals surface area contributed by atoms with Crippen LogP contribution in [0.1, 0.15) is 18.4 Å². The molecule has 84 valence electrons. The van der Waals surface area contributed by atoms with Crippen LogP contribution in [-0.4, -0.2) is 33.8 Å². The van der Waals surface area contributed by atoms with Crippen LogP contribution in [0, 0.1) is 0 Å². The van der Waals surface area contributed by atoms with Gasteiger partial charge in [-0.2, -0.15) is 0 Å². The molecule has 5 nitrogen and oxygen atoms in total. The number of aliphatic hydroxyl groups is 1. The molecule has 0 radical (unpaired) electrons. The highest BCUT2D eigenvalue weighted by Crippen LogP contribution is 1.98. The highest BCUT2D eigenvalue weighted by molar-refractivity contribution is 5.66. The van der Waals surface area contributed by atoms with E-state index in [4.69, 9.17) is 5.11 Å². The summed E-state index contributed by atoms with van der Waals surface area (Å²) < 4.78 is 0. The molecular weight excluding hydrogens is 196 g/mol. The van der Waals surface area contributed by atoms with Crippen LogP contribution >= 0.6 is 0 Å². The van der Waals surface area contributed by atoms with Crippen LogP contribution in [0.2, 0.25) is 0 Å². The molecular formula is C10H16N2O3. The van der Waals surface area contributed by atoms with E-state index in [1.165, 1.54) is 0 Å². The zero-order valence-corrected chi connectivity index (χ0v) is 8.44. The molecule has 0 saturated heterocycles. The second-order valence-electron chi connectivity index (χ2n) is 3.44. The number of hydrogen-bond donors (Lipinski definition) is 4. The fraction of sp³-hybridized carbons (Fsp3) is 0.500. The second-order valence-corrected chi connectivity index (χ2v) is 3.44. The van der Waals surface area contributed by atoms with E-state index in [9.17, 15) is 9.90 Å². The summed E-state index contributed by atoms with van der Waals surface area (Å²) in [6.07, 6.45) is 3.40. The number of rotatable bonds is 7. The van der Waals surface area contributed by atoms with E-state index in [0.717, 1.165) is 5.56 Å². The topological polar surface area (TPSA) is 85.3 Å². The first kappa shape index (κ1) is 11.7. The maximum Gasteiger partial charge on any atom is 0.303 e. The van der Waals surface area contributed by atoms with Gasteiger partial charge in [0.15, 0.2) is 0 Å². The monoisotopic (exact) mass is 212 g/mol. The Morgan fingerprint density at radius 3 is 3.00 bits per heavy atom. The van der Waals surface area contributed by atoms with Gasteiger partial charge >= 0.3 is 5.97 Å².